The van der Waals surface area contributed by atoms with E-state index in [1.165, 1.54) is 187 Å². The van der Waals surface area contributed by atoms with Gasteiger partial charge in [-0.3, -0.25) is 43.2 Å². The first-order valence-corrected chi connectivity index (χ1v) is 38.7. The third kappa shape index (κ3) is 48.7. The van der Waals surface area contributed by atoms with E-state index in [1.807, 2.05) is 0 Å². The molecule has 39 heteroatoms. The molecule has 1 rings (SSSR count). The fraction of sp³-hybridized carbons (Fsp3) is 0.691. The highest BCUT2D eigenvalue weighted by molar-refractivity contribution is 5.99. The molecule has 0 saturated heterocycles. The van der Waals surface area contributed by atoms with Gasteiger partial charge in [-0.1, -0.05) is 30.3 Å². The van der Waals surface area contributed by atoms with Crippen molar-refractivity contribution in [3.8, 4) is 0 Å². The maximum atomic E-state index is 14.4. The molecule has 0 fully saturated rings. The fourth-order valence-corrected chi connectivity index (χ4v) is 9.76. The lowest BCUT2D eigenvalue weighted by Gasteiger charge is -2.28. The topological polar surface area (TPSA) is 534 Å². The second-order valence-corrected chi connectivity index (χ2v) is 36.9. The largest absolute Gasteiger partial charge is 0.469 e. The number of hydrogen-bond donors (Lipinski definition) is 9. The average Bonchev–Trinajstić information content (AvgIpc) is 0.857. The van der Waals surface area contributed by atoms with Crippen LogP contribution >= 0.6 is 0 Å². The minimum absolute atomic E-state index is 0.236. The van der Waals surface area contributed by atoms with Crippen molar-refractivity contribution in [1.29, 1.82) is 0 Å². The van der Waals surface area contributed by atoms with Crippen LogP contribution in [0.4, 0.5) is 4.79 Å². The van der Waals surface area contributed by atoms with Gasteiger partial charge in [0.15, 0.2) is 0 Å². The number of carbonyl (C=O) groups is 19. The van der Waals surface area contributed by atoms with Crippen molar-refractivity contribution in [2.45, 2.75) is 356 Å². The van der Waals surface area contributed by atoms with E-state index in [2.05, 4.69) is 52.6 Å². The summed E-state index contributed by atoms with van der Waals surface area (Å²) in [5.74, 6) is -21.5. The van der Waals surface area contributed by atoms with Crippen LogP contribution in [0.15, 0.2) is 30.3 Å². The first kappa shape index (κ1) is 107. The number of benzene rings is 1. The molecule has 0 unspecified atom stereocenters. The number of hydrogen-bond acceptors (Lipinski definition) is 30. The molecule has 0 aliphatic heterocycles. The van der Waals surface area contributed by atoms with Crippen molar-refractivity contribution in [2.24, 2.45) is 0 Å². The van der Waals surface area contributed by atoms with Crippen LogP contribution in [0.1, 0.15) is 250 Å². The van der Waals surface area contributed by atoms with Gasteiger partial charge in [-0.2, -0.15) is 0 Å². The molecule has 39 nitrogen and oxygen atoms in total. The Labute approximate surface area is 700 Å². The van der Waals surface area contributed by atoms with E-state index >= 15 is 0 Å². The Bertz CT molecular complexity index is 3800. The molecule has 0 aliphatic carbocycles. The van der Waals surface area contributed by atoms with Crippen molar-refractivity contribution in [3.63, 3.8) is 0 Å². The molecule has 9 atom stereocenters. The standard InChI is InChI=1S/C81H127N9O30/c1-73(2,3)112-63(100)45(34-54(91)83-47(65(102)114-75(7,8)9)36-56(93)85-49(67(104)116-77(13,14)15)38-58(95)87-51(69(106)118-79(19,20)21)40-60(97)89-53(42-62(99)110-28)71(108)120-81(25,26)27)82-55(92)35-46(64(101)113-74(4,5)6)84-57(94)37-48(66(103)115-76(10,11)12)86-59(96)39-50(68(105)117-78(16,17)18)88-61(98)41-52(70(107)119-80(22,23)24)90-72(109)111-43-44-32-30-29-31-33-44/h29-33,45-53H,34-43H2,1-28H3,(H,82,92)(H,83,91)(H,84,94)(H,85,93)(H,86,96)(H,87,95)(H,88,98)(H,89,97)(H,90,109)/t45-,46-,47-,48-,49-,50-,51-,52-,53-/m0/s1. The summed E-state index contributed by atoms with van der Waals surface area (Å²) in [5, 5.41) is 20.6. The Morgan fingerprint density at radius 3 is 0.533 bits per heavy atom. The smallest absolute Gasteiger partial charge is 0.408 e. The molecule has 0 spiro atoms. The zero-order valence-corrected chi connectivity index (χ0v) is 74.4. The average molecular weight is 1710 g/mol. The molecule has 1 aromatic rings. The molecule has 9 amide bonds. The Morgan fingerprint density at radius 1 is 0.233 bits per heavy atom. The highest BCUT2D eigenvalue weighted by atomic mass is 16.6. The van der Waals surface area contributed by atoms with Gasteiger partial charge < -0.3 is 100.0 Å². The molecule has 0 radical (unpaired) electrons. The second-order valence-electron chi connectivity index (χ2n) is 36.9. The summed E-state index contributed by atoms with van der Waals surface area (Å²) in [7, 11) is 1.03. The van der Waals surface area contributed by atoms with Gasteiger partial charge >= 0.3 is 65.8 Å². The third-order valence-corrected chi connectivity index (χ3v) is 14.1. The first-order valence-electron chi connectivity index (χ1n) is 38.7. The summed E-state index contributed by atoms with van der Waals surface area (Å²) in [6.45, 7) is 39.2. The van der Waals surface area contributed by atoms with Crippen LogP contribution in [-0.4, -0.2) is 225 Å². The predicted octanol–water partition coefficient (Wildman–Crippen LogP) is 3.92. The van der Waals surface area contributed by atoms with Crippen LogP contribution in [0.3, 0.4) is 0 Å². The van der Waals surface area contributed by atoms with Gasteiger partial charge in [-0.25, -0.2) is 47.9 Å². The highest BCUT2D eigenvalue weighted by Gasteiger charge is 2.42. The number of ether oxygens (including phenoxy) is 11. The van der Waals surface area contributed by atoms with Gasteiger partial charge in [0.25, 0.3) is 0 Å². The van der Waals surface area contributed by atoms with Crippen molar-refractivity contribution in [3.05, 3.63) is 35.9 Å². The third-order valence-electron chi connectivity index (χ3n) is 14.1. The minimum Gasteiger partial charge on any atom is -0.469 e. The van der Waals surface area contributed by atoms with Crippen molar-refractivity contribution in [2.75, 3.05) is 7.11 Å². The summed E-state index contributed by atoms with van der Waals surface area (Å²) in [4.78, 5) is 263. The van der Waals surface area contributed by atoms with Crippen molar-refractivity contribution < 1.29 is 143 Å². The minimum atomic E-state index is -2.05. The lowest BCUT2D eigenvalue weighted by molar-refractivity contribution is -0.162. The molecule has 9 N–H and O–H groups in total. The molecular weight excluding hydrogens is 1580 g/mol. The Hall–Kier alpha value is -11.0. The fourth-order valence-electron chi connectivity index (χ4n) is 9.76. The van der Waals surface area contributed by atoms with Crippen LogP contribution in [0.5, 0.6) is 0 Å². The van der Waals surface area contributed by atoms with E-state index in [4.69, 9.17) is 47.4 Å². The highest BCUT2D eigenvalue weighted by Crippen LogP contribution is 2.21. The van der Waals surface area contributed by atoms with Crippen LogP contribution in [0, 0.1) is 0 Å². The molecule has 676 valence electrons. The van der Waals surface area contributed by atoms with Gasteiger partial charge in [-0.05, 0) is 193 Å². The molecule has 0 aromatic heterocycles. The summed E-state index contributed by atoms with van der Waals surface area (Å²) in [6, 6.07) is -8.83. The van der Waals surface area contributed by atoms with Gasteiger partial charge in [-0.15, -0.1) is 0 Å². The quantitative estimate of drug-likeness (QED) is 0.0334. The second kappa shape index (κ2) is 45.4. The molecular formula is C81H127N9O30. The van der Waals surface area contributed by atoms with E-state index < -0.39 is 276 Å². The van der Waals surface area contributed by atoms with Crippen molar-refractivity contribution in [1.82, 2.24) is 47.9 Å². The van der Waals surface area contributed by atoms with Crippen molar-refractivity contribution >= 4 is 113 Å². The summed E-state index contributed by atoms with van der Waals surface area (Å²) < 4.78 is 59.4. The molecule has 0 bridgehead atoms. The Kier molecular flexibility index (Phi) is 40.4. The van der Waals surface area contributed by atoms with E-state index in [0.717, 1.165) is 7.11 Å². The van der Waals surface area contributed by atoms with E-state index in [0.29, 0.717) is 5.56 Å². The number of alkyl carbamates (subject to hydrolysis) is 1. The monoisotopic (exact) mass is 1710 g/mol. The summed E-state index contributed by atoms with van der Waals surface area (Å²) in [5.41, 5.74) is -10.8. The number of carbonyl (C=O) groups excluding carboxylic acids is 19. The van der Waals surface area contributed by atoms with Gasteiger partial charge in [0.1, 0.15) is 111 Å². The van der Waals surface area contributed by atoms with Gasteiger partial charge in [0, 0.05) is 0 Å². The Morgan fingerprint density at radius 2 is 0.383 bits per heavy atom. The lowest BCUT2D eigenvalue weighted by Crippen LogP contribution is -2.54. The maximum Gasteiger partial charge on any atom is 0.408 e. The van der Waals surface area contributed by atoms with Gasteiger partial charge in [0.2, 0.25) is 47.3 Å². The van der Waals surface area contributed by atoms with Crippen LogP contribution in [-0.2, 0) is 145 Å². The molecule has 0 aliphatic rings. The predicted molar refractivity (Wildman–Crippen MR) is 425 cm³/mol. The first-order chi connectivity index (χ1) is 54.3. The van der Waals surface area contributed by atoms with Crippen LogP contribution in [0.2, 0.25) is 0 Å². The number of esters is 10. The van der Waals surface area contributed by atoms with Crippen LogP contribution < -0.4 is 47.9 Å². The van der Waals surface area contributed by atoms with Crippen LogP contribution in [0.25, 0.3) is 0 Å². The zero-order chi connectivity index (χ0) is 93.0. The lowest BCUT2D eigenvalue weighted by atomic mass is 10.1. The van der Waals surface area contributed by atoms with E-state index in [9.17, 15) is 91.1 Å². The Balaban J connectivity index is 3.86. The maximum absolute atomic E-state index is 14.4. The summed E-state index contributed by atoms with van der Waals surface area (Å²) in [6.07, 6.45) is -10.2. The normalized spacial score (nSPS) is 14.3. The molecule has 120 heavy (non-hydrogen) atoms. The number of methoxy groups -OCH3 is 1. The SMILES string of the molecule is COC(=O)C[C@H](NC(=O)C[C@H](NC(=O)C[C@H](NC(=O)C[C@H](NC(=O)C[C@H](NC(=O)C[C@H](NC(=O)C[C@H](NC(=O)C[C@H](NC(=O)C[C@H](NC(=O)OCc1ccccc1)C(=O)OC(C)(C)C)C(=O)OC(C)(C)C)C(=O)OC(C)(C)C)C(=O)OC(C)(C)C)C(=O)OC(C)(C)C)C(=O)OC(C)(C)C)C(=O)OC(C)(C)C)C(=O)OC(C)(C)C)C(=O)OC(C)(C)C. The summed E-state index contributed by atoms with van der Waals surface area (Å²) >= 11 is 0. The van der Waals surface area contributed by atoms with Gasteiger partial charge in [0.05, 0.1) is 64.9 Å². The molecule has 0 saturated carbocycles. The van der Waals surface area contributed by atoms with E-state index in [-0.39, 0.29) is 6.61 Å². The zero-order valence-electron chi connectivity index (χ0n) is 74.4. The molecule has 1 aromatic carbocycles. The van der Waals surface area contributed by atoms with E-state index in [1.54, 1.807) is 30.3 Å². The molecule has 0 heterocycles. The number of nitrogens with one attached hydrogen (secondary N) is 9. The number of amides is 9. The number of rotatable bonds is 38.